The Balaban J connectivity index is 1.48. The highest BCUT2D eigenvalue weighted by molar-refractivity contribution is 6.30. The molecule has 1 saturated heterocycles. The number of fused-ring (bicyclic) bond motifs is 1. The first-order valence-electron chi connectivity index (χ1n) is 11.0. The van der Waals surface area contributed by atoms with E-state index in [4.69, 9.17) is 21.3 Å². The Bertz CT molecular complexity index is 1260. The quantitative estimate of drug-likeness (QED) is 0.590. The lowest BCUT2D eigenvalue weighted by atomic mass is 9.93. The summed E-state index contributed by atoms with van der Waals surface area (Å²) in [6.45, 7) is 7.27. The number of hydrogen-bond acceptors (Lipinski definition) is 4. The summed E-state index contributed by atoms with van der Waals surface area (Å²) in [5, 5.41) is 0.663. The highest BCUT2D eigenvalue weighted by atomic mass is 35.5. The van der Waals surface area contributed by atoms with E-state index in [1.54, 1.807) is 10.6 Å². The lowest BCUT2D eigenvalue weighted by molar-refractivity contribution is 0.122. The van der Waals surface area contributed by atoms with Crippen molar-refractivity contribution in [2.75, 3.05) is 31.2 Å². The van der Waals surface area contributed by atoms with Crippen LogP contribution in [0.2, 0.25) is 5.02 Å². The molecule has 1 aliphatic carbocycles. The average Bonchev–Trinajstić information content (AvgIpc) is 3.23. The number of hydrogen-bond donors (Lipinski definition) is 0. The van der Waals surface area contributed by atoms with Gasteiger partial charge >= 0.3 is 0 Å². The lowest BCUT2D eigenvalue weighted by Crippen LogP contribution is -2.36. The molecule has 32 heavy (non-hydrogen) atoms. The van der Waals surface area contributed by atoms with Gasteiger partial charge in [0.1, 0.15) is 0 Å². The third kappa shape index (κ3) is 3.76. The standard InChI is InChI=1S/C26H26ClN3O2/c1-26(2,19-4-3-5-20(27)15-19)30-9-8-18(14-25(30)31)22-6-7-24-23(22)16-21(17-28-24)29-10-12-32-13-11-29/h3-6,8-9,14-17H,7,10-13H2,1-2H3. The molecule has 0 unspecified atom stereocenters. The van der Waals surface area contributed by atoms with Crippen molar-refractivity contribution in [3.63, 3.8) is 0 Å². The number of aromatic nitrogens is 2. The topological polar surface area (TPSA) is 47.4 Å². The van der Waals surface area contributed by atoms with E-state index in [1.165, 1.54) is 0 Å². The molecule has 0 bridgehead atoms. The van der Waals surface area contributed by atoms with Crippen LogP contribution in [-0.4, -0.2) is 35.9 Å². The first-order chi connectivity index (χ1) is 15.4. The zero-order valence-electron chi connectivity index (χ0n) is 18.3. The van der Waals surface area contributed by atoms with Gasteiger partial charge in [0.15, 0.2) is 0 Å². The van der Waals surface area contributed by atoms with Gasteiger partial charge in [-0.05, 0) is 54.8 Å². The number of benzene rings is 1. The van der Waals surface area contributed by atoms with Crippen LogP contribution in [0, 0.1) is 0 Å². The number of pyridine rings is 2. The molecule has 0 spiro atoms. The summed E-state index contributed by atoms with van der Waals surface area (Å²) in [6, 6.07) is 13.6. The highest BCUT2D eigenvalue weighted by Crippen LogP contribution is 2.34. The Kier molecular flexibility index (Phi) is 5.39. The Hall–Kier alpha value is -2.89. The molecule has 2 aromatic heterocycles. The molecule has 0 radical (unpaired) electrons. The number of morpholine rings is 1. The first-order valence-corrected chi connectivity index (χ1v) is 11.3. The number of rotatable bonds is 4. The molecule has 3 heterocycles. The fourth-order valence-electron chi connectivity index (χ4n) is 4.57. The molecule has 6 heteroatoms. The Morgan fingerprint density at radius 1 is 1.09 bits per heavy atom. The highest BCUT2D eigenvalue weighted by Gasteiger charge is 2.25. The van der Waals surface area contributed by atoms with E-state index < -0.39 is 5.54 Å². The van der Waals surface area contributed by atoms with Crippen molar-refractivity contribution < 1.29 is 4.74 Å². The monoisotopic (exact) mass is 447 g/mol. The van der Waals surface area contributed by atoms with Crippen LogP contribution in [0.5, 0.6) is 0 Å². The lowest BCUT2D eigenvalue weighted by Gasteiger charge is -2.29. The molecule has 0 atom stereocenters. The van der Waals surface area contributed by atoms with Gasteiger partial charge in [0.25, 0.3) is 5.56 Å². The van der Waals surface area contributed by atoms with Gasteiger partial charge in [0, 0.05) is 42.4 Å². The predicted molar refractivity (Wildman–Crippen MR) is 129 cm³/mol. The molecule has 0 amide bonds. The second kappa shape index (κ2) is 8.23. The Morgan fingerprint density at radius 2 is 1.91 bits per heavy atom. The van der Waals surface area contributed by atoms with Crippen molar-refractivity contribution in [3.05, 3.63) is 98.7 Å². The molecule has 5 nitrogen and oxygen atoms in total. The third-order valence-electron chi connectivity index (χ3n) is 6.49. The molecule has 1 fully saturated rings. The second-order valence-electron chi connectivity index (χ2n) is 8.80. The fourth-order valence-corrected chi connectivity index (χ4v) is 4.76. The van der Waals surface area contributed by atoms with Crippen LogP contribution in [0.25, 0.3) is 5.57 Å². The molecular weight excluding hydrogens is 422 g/mol. The molecular formula is C26H26ClN3O2. The van der Waals surface area contributed by atoms with Gasteiger partial charge in [-0.25, -0.2) is 0 Å². The summed E-state index contributed by atoms with van der Waals surface area (Å²) in [6.07, 6.45) is 6.79. The summed E-state index contributed by atoms with van der Waals surface area (Å²) < 4.78 is 7.24. The van der Waals surface area contributed by atoms with Crippen LogP contribution in [-0.2, 0) is 16.7 Å². The van der Waals surface area contributed by atoms with Crippen molar-refractivity contribution >= 4 is 22.9 Å². The van der Waals surface area contributed by atoms with Crippen LogP contribution in [0.4, 0.5) is 5.69 Å². The first kappa shape index (κ1) is 21.0. The van der Waals surface area contributed by atoms with Crippen LogP contribution in [0.1, 0.15) is 36.2 Å². The van der Waals surface area contributed by atoms with Crippen molar-refractivity contribution in [1.29, 1.82) is 0 Å². The minimum Gasteiger partial charge on any atom is -0.378 e. The van der Waals surface area contributed by atoms with Crippen molar-refractivity contribution in [3.8, 4) is 0 Å². The van der Waals surface area contributed by atoms with Gasteiger partial charge < -0.3 is 14.2 Å². The average molecular weight is 448 g/mol. The number of allylic oxidation sites excluding steroid dienone is 1. The van der Waals surface area contributed by atoms with Crippen LogP contribution in [0.3, 0.4) is 0 Å². The normalized spacial score (nSPS) is 16.1. The van der Waals surface area contributed by atoms with E-state index in [-0.39, 0.29) is 5.56 Å². The zero-order valence-corrected chi connectivity index (χ0v) is 19.1. The molecule has 2 aliphatic rings. The van der Waals surface area contributed by atoms with E-state index in [0.29, 0.717) is 5.02 Å². The molecule has 5 rings (SSSR count). The summed E-state index contributed by atoms with van der Waals surface area (Å²) in [4.78, 5) is 20.2. The smallest absolute Gasteiger partial charge is 0.251 e. The zero-order chi connectivity index (χ0) is 22.3. The summed E-state index contributed by atoms with van der Waals surface area (Å²) in [5.41, 5.74) is 5.70. The maximum Gasteiger partial charge on any atom is 0.251 e. The maximum atomic E-state index is 13.2. The summed E-state index contributed by atoms with van der Waals surface area (Å²) >= 11 is 6.20. The van der Waals surface area contributed by atoms with Gasteiger partial charge in [0.2, 0.25) is 0 Å². The number of halogens is 1. The van der Waals surface area contributed by atoms with Gasteiger partial charge in [-0.15, -0.1) is 0 Å². The van der Waals surface area contributed by atoms with E-state index in [0.717, 1.165) is 66.4 Å². The Labute approximate surface area is 192 Å². The van der Waals surface area contributed by atoms with E-state index in [2.05, 4.69) is 17.0 Å². The van der Waals surface area contributed by atoms with Gasteiger partial charge in [0.05, 0.1) is 36.3 Å². The van der Waals surface area contributed by atoms with E-state index in [9.17, 15) is 4.79 Å². The number of nitrogens with zero attached hydrogens (tertiary/aromatic N) is 3. The summed E-state index contributed by atoms with van der Waals surface area (Å²) in [5.74, 6) is 0. The molecule has 0 N–H and O–H groups in total. The number of anilines is 1. The predicted octanol–water partition coefficient (Wildman–Crippen LogP) is 4.50. The third-order valence-corrected chi connectivity index (χ3v) is 6.72. The molecule has 0 saturated carbocycles. The fraction of sp³-hybridized carbons (Fsp3) is 0.308. The number of ether oxygens (including phenoxy) is 1. The largest absolute Gasteiger partial charge is 0.378 e. The van der Waals surface area contributed by atoms with Gasteiger partial charge in [-0.2, -0.15) is 0 Å². The van der Waals surface area contributed by atoms with Crippen LogP contribution < -0.4 is 10.5 Å². The van der Waals surface area contributed by atoms with Crippen molar-refractivity contribution in [2.45, 2.75) is 25.8 Å². The van der Waals surface area contributed by atoms with Gasteiger partial charge in [-0.1, -0.05) is 29.8 Å². The van der Waals surface area contributed by atoms with Crippen molar-refractivity contribution in [1.82, 2.24) is 9.55 Å². The SMILES string of the molecule is CC(C)(c1cccc(Cl)c1)n1ccc(C2=CCc3ncc(N4CCOCC4)cc32)cc1=O. The Morgan fingerprint density at radius 3 is 2.66 bits per heavy atom. The second-order valence-corrected chi connectivity index (χ2v) is 9.24. The molecule has 1 aromatic carbocycles. The summed E-state index contributed by atoms with van der Waals surface area (Å²) in [7, 11) is 0. The van der Waals surface area contributed by atoms with Crippen LogP contribution in [0.15, 0.2) is 65.7 Å². The molecule has 164 valence electrons. The molecule has 1 aliphatic heterocycles. The minimum atomic E-state index is -0.520. The van der Waals surface area contributed by atoms with Gasteiger partial charge in [-0.3, -0.25) is 9.78 Å². The minimum absolute atomic E-state index is 0.0425. The molecule has 3 aromatic rings. The maximum absolute atomic E-state index is 13.2. The van der Waals surface area contributed by atoms with E-state index in [1.807, 2.05) is 56.6 Å². The van der Waals surface area contributed by atoms with E-state index >= 15 is 0 Å². The van der Waals surface area contributed by atoms with Crippen LogP contribution >= 0.6 is 11.6 Å². The van der Waals surface area contributed by atoms with Crippen molar-refractivity contribution in [2.24, 2.45) is 0 Å².